The maximum absolute atomic E-state index is 13.3. The fourth-order valence-electron chi connectivity index (χ4n) is 3.65. The van der Waals surface area contributed by atoms with Crippen molar-refractivity contribution in [1.82, 2.24) is 5.32 Å². The van der Waals surface area contributed by atoms with Crippen LogP contribution in [0.2, 0.25) is 0 Å². The van der Waals surface area contributed by atoms with E-state index in [0.29, 0.717) is 6.54 Å². The average molecular weight is 516 g/mol. The summed E-state index contributed by atoms with van der Waals surface area (Å²) in [6.07, 6.45) is -9.83. The molecule has 0 aromatic heterocycles. The zero-order valence-corrected chi connectivity index (χ0v) is 18.0. The Hall–Kier alpha value is -1.29. The topological polar surface area (TPSA) is 38.0 Å². The van der Waals surface area contributed by atoms with Gasteiger partial charge in [0.05, 0.1) is 16.5 Å². The van der Waals surface area contributed by atoms with Gasteiger partial charge in [-0.15, -0.1) is 11.6 Å². The molecule has 0 bridgehead atoms. The Morgan fingerprint density at radius 2 is 1.63 bits per heavy atom. The average Bonchev–Trinajstić information content (AvgIpc) is 2.96. The van der Waals surface area contributed by atoms with Crippen LogP contribution in [-0.4, -0.2) is 11.9 Å². The molecule has 0 saturated carbocycles. The van der Waals surface area contributed by atoms with Crippen LogP contribution in [0.5, 0.6) is 0 Å². The molecule has 1 aliphatic rings. The first-order valence-electron chi connectivity index (χ1n) is 8.93. The van der Waals surface area contributed by atoms with E-state index in [1.807, 2.05) is 0 Å². The summed E-state index contributed by atoms with van der Waals surface area (Å²) in [5, 5.41) is 2.35. The van der Waals surface area contributed by atoms with Gasteiger partial charge in [-0.2, -0.15) is 26.3 Å². The lowest BCUT2D eigenvalue weighted by molar-refractivity contribution is -0.143. The molecule has 3 N–H and O–H groups in total. The van der Waals surface area contributed by atoms with E-state index in [2.05, 4.69) is 21.2 Å². The van der Waals surface area contributed by atoms with E-state index < -0.39 is 40.3 Å². The first-order valence-corrected chi connectivity index (χ1v) is 10.2. The molecule has 3 atom stereocenters. The molecule has 1 aliphatic heterocycles. The summed E-state index contributed by atoms with van der Waals surface area (Å²) < 4.78 is 80.4. The lowest BCUT2D eigenvalue weighted by Crippen LogP contribution is -2.33. The third-order valence-corrected chi connectivity index (χ3v) is 6.97. The lowest BCUT2D eigenvalue weighted by atomic mass is 9.78. The Morgan fingerprint density at radius 3 is 2.10 bits per heavy atom. The Bertz CT molecular complexity index is 914. The second-order valence-corrected chi connectivity index (χ2v) is 8.85. The molecule has 0 spiro atoms. The van der Waals surface area contributed by atoms with Crippen molar-refractivity contribution < 1.29 is 26.3 Å². The van der Waals surface area contributed by atoms with Gasteiger partial charge in [-0.25, -0.2) is 0 Å². The summed E-state index contributed by atoms with van der Waals surface area (Å²) in [5.74, 6) is 0. The first kappa shape index (κ1) is 23.4. The van der Waals surface area contributed by atoms with Crippen molar-refractivity contribution in [1.29, 1.82) is 0 Å². The van der Waals surface area contributed by atoms with Crippen LogP contribution in [0.1, 0.15) is 40.8 Å². The number of rotatable bonds is 3. The Morgan fingerprint density at radius 1 is 1.07 bits per heavy atom. The minimum absolute atomic E-state index is 0.112. The zero-order valence-electron chi connectivity index (χ0n) is 15.6. The van der Waals surface area contributed by atoms with Crippen LogP contribution < -0.4 is 11.1 Å². The van der Waals surface area contributed by atoms with Crippen LogP contribution in [0.25, 0.3) is 0 Å². The number of halogens is 8. The van der Waals surface area contributed by atoms with Crippen molar-refractivity contribution in [2.24, 2.45) is 5.73 Å². The highest BCUT2D eigenvalue weighted by atomic mass is 79.9. The minimum Gasteiger partial charge on any atom is -0.326 e. The molecule has 164 valence electrons. The maximum Gasteiger partial charge on any atom is 0.416 e. The molecule has 2 aromatic rings. The summed E-state index contributed by atoms with van der Waals surface area (Å²) in [7, 11) is 0. The molecule has 1 heterocycles. The number of alkyl halides is 7. The first-order chi connectivity index (χ1) is 13.8. The van der Waals surface area contributed by atoms with E-state index in [9.17, 15) is 26.3 Å². The van der Waals surface area contributed by atoms with Gasteiger partial charge < -0.3 is 11.1 Å². The highest BCUT2D eigenvalue weighted by molar-refractivity contribution is 9.10. The molecule has 0 amide bonds. The lowest BCUT2D eigenvalue weighted by Gasteiger charge is -2.30. The van der Waals surface area contributed by atoms with Crippen molar-refractivity contribution in [3.8, 4) is 0 Å². The van der Waals surface area contributed by atoms with Gasteiger partial charge in [0.15, 0.2) is 0 Å². The molecule has 0 radical (unpaired) electrons. The van der Waals surface area contributed by atoms with Crippen LogP contribution in [0.15, 0.2) is 40.9 Å². The second-order valence-electron chi connectivity index (χ2n) is 7.53. The smallest absolute Gasteiger partial charge is 0.326 e. The molecule has 10 heteroatoms. The quantitative estimate of drug-likeness (QED) is 0.380. The summed E-state index contributed by atoms with van der Waals surface area (Å²) in [5.41, 5.74) is 3.28. The van der Waals surface area contributed by atoms with Crippen LogP contribution in [-0.2, 0) is 24.3 Å². The van der Waals surface area contributed by atoms with Crippen molar-refractivity contribution in [2.45, 2.75) is 42.7 Å². The van der Waals surface area contributed by atoms with Gasteiger partial charge in [-0.3, -0.25) is 0 Å². The predicted molar refractivity (Wildman–Crippen MR) is 106 cm³/mol. The number of hydrogen-bond donors (Lipinski definition) is 2. The molecular weight excluding hydrogens is 498 g/mol. The Labute approximate surface area is 182 Å². The van der Waals surface area contributed by atoms with Gasteiger partial charge in [-0.05, 0) is 41.0 Å². The van der Waals surface area contributed by atoms with E-state index in [4.69, 9.17) is 17.3 Å². The van der Waals surface area contributed by atoms with Gasteiger partial charge in [0, 0.05) is 29.0 Å². The molecule has 2 aromatic carbocycles. The molecule has 30 heavy (non-hydrogen) atoms. The molecule has 1 fully saturated rings. The van der Waals surface area contributed by atoms with Crippen LogP contribution in [0, 0.1) is 0 Å². The summed E-state index contributed by atoms with van der Waals surface area (Å²) in [6, 6.07) is 6.55. The molecule has 3 rings (SSSR count). The summed E-state index contributed by atoms with van der Waals surface area (Å²) in [6.45, 7) is 1.99. The largest absolute Gasteiger partial charge is 0.416 e. The number of nitrogens with two attached hydrogens (primary N) is 1. The molecule has 0 aliphatic carbocycles. The number of nitrogens with one attached hydrogen (secondary N) is 1. The zero-order chi connectivity index (χ0) is 22.5. The Balaban J connectivity index is 2.04. The van der Waals surface area contributed by atoms with E-state index >= 15 is 0 Å². The van der Waals surface area contributed by atoms with E-state index in [-0.39, 0.29) is 18.2 Å². The van der Waals surface area contributed by atoms with Crippen LogP contribution in [0.4, 0.5) is 26.3 Å². The summed E-state index contributed by atoms with van der Waals surface area (Å²) >= 11 is 10.1. The summed E-state index contributed by atoms with van der Waals surface area (Å²) in [4.78, 5) is 0. The maximum atomic E-state index is 13.3. The van der Waals surface area contributed by atoms with Crippen LogP contribution >= 0.6 is 27.5 Å². The van der Waals surface area contributed by atoms with E-state index in [1.54, 1.807) is 25.1 Å². The van der Waals surface area contributed by atoms with E-state index in [1.165, 1.54) is 0 Å². The standard InChI is InChI=1S/C20H18BrClF6N2/c1-18(12-5-13(19(23,24)25)7-14(6-12)20(26,27)28)9-30-16(17(18)22)10-2-3-11(8-29)15(21)4-10/h2-7,16-17,30H,8-9,29H2,1H3. The normalized spacial score (nSPS) is 25.0. The third-order valence-electron chi connectivity index (χ3n) is 5.49. The van der Waals surface area contributed by atoms with Gasteiger partial charge in [0.2, 0.25) is 0 Å². The predicted octanol–water partition coefficient (Wildman–Crippen LogP) is 6.16. The molecule has 2 nitrogen and oxygen atoms in total. The van der Waals surface area contributed by atoms with Crippen molar-refractivity contribution in [3.05, 3.63) is 68.7 Å². The van der Waals surface area contributed by atoms with Gasteiger partial charge in [0.1, 0.15) is 0 Å². The third kappa shape index (κ3) is 4.35. The van der Waals surface area contributed by atoms with Crippen molar-refractivity contribution in [3.63, 3.8) is 0 Å². The molecule has 1 saturated heterocycles. The second kappa shape index (κ2) is 8.00. The molecule has 3 unspecified atom stereocenters. The van der Waals surface area contributed by atoms with Gasteiger partial charge in [-0.1, -0.05) is 35.0 Å². The van der Waals surface area contributed by atoms with Crippen molar-refractivity contribution >= 4 is 27.5 Å². The Kier molecular flexibility index (Phi) is 6.23. The van der Waals surface area contributed by atoms with Gasteiger partial charge >= 0.3 is 12.4 Å². The number of hydrogen-bond acceptors (Lipinski definition) is 2. The fourth-order valence-corrected chi connectivity index (χ4v) is 4.64. The van der Waals surface area contributed by atoms with Gasteiger partial charge in [0.25, 0.3) is 0 Å². The minimum atomic E-state index is -4.91. The molecular formula is C20H18BrClF6N2. The fraction of sp³-hybridized carbons (Fsp3) is 0.400. The highest BCUT2D eigenvalue weighted by Gasteiger charge is 2.48. The monoisotopic (exact) mass is 514 g/mol. The highest BCUT2D eigenvalue weighted by Crippen LogP contribution is 2.46. The van der Waals surface area contributed by atoms with Crippen molar-refractivity contribution in [2.75, 3.05) is 6.54 Å². The van der Waals surface area contributed by atoms with E-state index in [0.717, 1.165) is 27.7 Å². The number of benzene rings is 2. The SMILES string of the molecule is CC1(c2cc(C(F)(F)F)cc(C(F)(F)F)c2)CNC(c2ccc(CN)c(Br)c2)C1Cl. The van der Waals surface area contributed by atoms with Crippen LogP contribution in [0.3, 0.4) is 0 Å².